The summed E-state index contributed by atoms with van der Waals surface area (Å²) >= 11 is 0. The van der Waals surface area contributed by atoms with E-state index in [1.165, 1.54) is 6.26 Å². The van der Waals surface area contributed by atoms with Crippen LogP contribution in [0.4, 0.5) is 0 Å². The predicted octanol–water partition coefficient (Wildman–Crippen LogP) is 0.940. The van der Waals surface area contributed by atoms with Crippen molar-refractivity contribution in [3.63, 3.8) is 0 Å². The second kappa shape index (κ2) is 5.23. The molecule has 0 bridgehead atoms. The van der Waals surface area contributed by atoms with Gasteiger partial charge < -0.3 is 5.11 Å². The first kappa shape index (κ1) is 12.1. The third-order valence-corrected chi connectivity index (χ3v) is 3.09. The van der Waals surface area contributed by atoms with E-state index in [-0.39, 0.29) is 5.75 Å². The molecule has 0 saturated heterocycles. The first-order chi connectivity index (χ1) is 6.99. The zero-order valence-corrected chi connectivity index (χ0v) is 9.44. The summed E-state index contributed by atoms with van der Waals surface area (Å²) in [6.07, 6.45) is 4.70. The molecule has 0 fully saturated rings. The van der Waals surface area contributed by atoms with Crippen molar-refractivity contribution in [2.75, 3.05) is 12.0 Å². The Labute approximate surface area is 89.9 Å². The van der Waals surface area contributed by atoms with Crippen LogP contribution in [-0.2, 0) is 9.84 Å². The molecule has 1 aromatic heterocycles. The van der Waals surface area contributed by atoms with Gasteiger partial charge in [-0.05, 0) is 24.5 Å². The normalized spacial score (nSPS) is 13.7. The predicted molar refractivity (Wildman–Crippen MR) is 58.1 cm³/mol. The lowest BCUT2D eigenvalue weighted by atomic mass is 10.1. The van der Waals surface area contributed by atoms with E-state index in [4.69, 9.17) is 0 Å². The van der Waals surface area contributed by atoms with Crippen molar-refractivity contribution in [3.8, 4) is 0 Å². The highest BCUT2D eigenvalue weighted by atomic mass is 32.2. The highest BCUT2D eigenvalue weighted by Crippen LogP contribution is 2.16. The van der Waals surface area contributed by atoms with E-state index < -0.39 is 15.9 Å². The molecule has 0 aromatic carbocycles. The minimum atomic E-state index is -2.93. The molecule has 1 unspecified atom stereocenters. The molecular weight excluding hydrogens is 214 g/mol. The van der Waals surface area contributed by atoms with Crippen molar-refractivity contribution in [1.82, 2.24) is 4.98 Å². The summed E-state index contributed by atoms with van der Waals surface area (Å²) in [5, 5.41) is 9.68. The van der Waals surface area contributed by atoms with Crippen LogP contribution in [0.3, 0.4) is 0 Å². The van der Waals surface area contributed by atoms with Crippen LogP contribution < -0.4 is 0 Å². The van der Waals surface area contributed by atoms with Crippen LogP contribution in [-0.4, -0.2) is 30.5 Å². The monoisotopic (exact) mass is 229 g/mol. The Bertz CT molecular complexity index is 388. The number of rotatable bonds is 5. The molecule has 0 spiro atoms. The van der Waals surface area contributed by atoms with E-state index in [0.29, 0.717) is 12.8 Å². The number of aliphatic hydroxyl groups is 1. The first-order valence-corrected chi connectivity index (χ1v) is 6.81. The summed E-state index contributed by atoms with van der Waals surface area (Å²) in [5.74, 6) is 0.115. The number of pyridine rings is 1. The summed E-state index contributed by atoms with van der Waals surface area (Å²) in [4.78, 5) is 3.88. The van der Waals surface area contributed by atoms with Crippen LogP contribution >= 0.6 is 0 Å². The molecule has 1 aromatic rings. The third kappa shape index (κ3) is 4.90. The van der Waals surface area contributed by atoms with Crippen LogP contribution in [0.2, 0.25) is 0 Å². The Balaban J connectivity index is 2.41. The van der Waals surface area contributed by atoms with Crippen molar-refractivity contribution in [3.05, 3.63) is 30.1 Å². The molecule has 5 heteroatoms. The maximum atomic E-state index is 10.9. The molecule has 1 rings (SSSR count). The van der Waals surface area contributed by atoms with Crippen molar-refractivity contribution in [2.45, 2.75) is 18.9 Å². The minimum absolute atomic E-state index is 0.115. The molecule has 84 valence electrons. The van der Waals surface area contributed by atoms with Gasteiger partial charge in [-0.25, -0.2) is 8.42 Å². The van der Waals surface area contributed by atoms with Crippen LogP contribution in [0, 0.1) is 0 Å². The zero-order valence-electron chi connectivity index (χ0n) is 8.63. The SMILES string of the molecule is CS(=O)(=O)CCCC(O)c1cccnc1. The lowest BCUT2D eigenvalue weighted by Gasteiger charge is -2.09. The second-order valence-corrected chi connectivity index (χ2v) is 5.83. The molecule has 1 N–H and O–H groups in total. The van der Waals surface area contributed by atoms with E-state index in [2.05, 4.69) is 4.98 Å². The summed E-state index contributed by atoms with van der Waals surface area (Å²) in [7, 11) is -2.93. The molecule has 0 aliphatic carbocycles. The van der Waals surface area contributed by atoms with Gasteiger partial charge in [0.1, 0.15) is 9.84 Å². The Morgan fingerprint density at radius 1 is 1.53 bits per heavy atom. The Hall–Kier alpha value is -0.940. The van der Waals surface area contributed by atoms with E-state index in [0.717, 1.165) is 5.56 Å². The van der Waals surface area contributed by atoms with Gasteiger partial charge in [0.05, 0.1) is 6.10 Å². The summed E-state index contributed by atoms with van der Waals surface area (Å²) < 4.78 is 21.7. The Kier molecular flexibility index (Phi) is 4.23. The van der Waals surface area contributed by atoms with Gasteiger partial charge in [-0.15, -0.1) is 0 Å². The Morgan fingerprint density at radius 3 is 2.80 bits per heavy atom. The number of aliphatic hydroxyl groups excluding tert-OH is 1. The third-order valence-electron chi connectivity index (χ3n) is 2.06. The van der Waals surface area contributed by atoms with Gasteiger partial charge in [-0.2, -0.15) is 0 Å². The number of hydrogen-bond donors (Lipinski definition) is 1. The van der Waals surface area contributed by atoms with Crippen molar-refractivity contribution in [1.29, 1.82) is 0 Å². The van der Waals surface area contributed by atoms with Crippen LogP contribution in [0.15, 0.2) is 24.5 Å². The molecule has 0 aliphatic rings. The molecule has 4 nitrogen and oxygen atoms in total. The molecule has 0 amide bonds. The van der Waals surface area contributed by atoms with Crippen LogP contribution in [0.25, 0.3) is 0 Å². The zero-order chi connectivity index (χ0) is 11.3. The molecule has 1 heterocycles. The number of nitrogens with zero attached hydrogens (tertiary/aromatic N) is 1. The second-order valence-electron chi connectivity index (χ2n) is 3.57. The quantitative estimate of drug-likeness (QED) is 0.816. The van der Waals surface area contributed by atoms with Crippen LogP contribution in [0.5, 0.6) is 0 Å². The summed E-state index contributed by atoms with van der Waals surface area (Å²) in [6, 6.07) is 3.52. The average Bonchev–Trinajstić information content (AvgIpc) is 2.17. The van der Waals surface area contributed by atoms with Crippen molar-refractivity contribution >= 4 is 9.84 Å². The summed E-state index contributed by atoms with van der Waals surface area (Å²) in [5.41, 5.74) is 0.728. The standard InChI is InChI=1S/C10H15NO3S/c1-15(13,14)7-3-5-10(12)9-4-2-6-11-8-9/h2,4,6,8,10,12H,3,5,7H2,1H3. The number of hydrogen-bond acceptors (Lipinski definition) is 4. The molecule has 15 heavy (non-hydrogen) atoms. The molecule has 0 radical (unpaired) electrons. The van der Waals surface area contributed by atoms with Gasteiger partial charge in [-0.3, -0.25) is 4.98 Å². The highest BCUT2D eigenvalue weighted by Gasteiger charge is 2.09. The minimum Gasteiger partial charge on any atom is -0.388 e. The average molecular weight is 229 g/mol. The van der Waals surface area contributed by atoms with E-state index in [1.807, 2.05) is 0 Å². The van der Waals surface area contributed by atoms with Crippen molar-refractivity contribution in [2.24, 2.45) is 0 Å². The fourth-order valence-electron chi connectivity index (χ4n) is 1.28. The van der Waals surface area contributed by atoms with Gasteiger partial charge in [0.2, 0.25) is 0 Å². The lowest BCUT2D eigenvalue weighted by Crippen LogP contribution is -2.05. The largest absolute Gasteiger partial charge is 0.388 e. The smallest absolute Gasteiger partial charge is 0.147 e. The lowest BCUT2D eigenvalue weighted by molar-refractivity contribution is 0.166. The topological polar surface area (TPSA) is 67.3 Å². The van der Waals surface area contributed by atoms with E-state index in [1.54, 1.807) is 24.5 Å². The summed E-state index contributed by atoms with van der Waals surface area (Å²) in [6.45, 7) is 0. The molecule has 0 aliphatic heterocycles. The first-order valence-electron chi connectivity index (χ1n) is 4.75. The number of sulfone groups is 1. The maximum absolute atomic E-state index is 10.9. The van der Waals surface area contributed by atoms with E-state index in [9.17, 15) is 13.5 Å². The van der Waals surface area contributed by atoms with Crippen LogP contribution in [0.1, 0.15) is 24.5 Å². The number of aromatic nitrogens is 1. The van der Waals surface area contributed by atoms with Gasteiger partial charge in [0.15, 0.2) is 0 Å². The van der Waals surface area contributed by atoms with Gasteiger partial charge in [0, 0.05) is 24.4 Å². The molecular formula is C10H15NO3S. The Morgan fingerprint density at radius 2 is 2.27 bits per heavy atom. The fraction of sp³-hybridized carbons (Fsp3) is 0.500. The highest BCUT2D eigenvalue weighted by molar-refractivity contribution is 7.90. The molecule has 0 saturated carbocycles. The van der Waals surface area contributed by atoms with Crippen molar-refractivity contribution < 1.29 is 13.5 Å². The van der Waals surface area contributed by atoms with E-state index >= 15 is 0 Å². The maximum Gasteiger partial charge on any atom is 0.147 e. The van der Waals surface area contributed by atoms with Gasteiger partial charge >= 0.3 is 0 Å². The molecule has 1 atom stereocenters. The fourth-order valence-corrected chi connectivity index (χ4v) is 1.97. The van der Waals surface area contributed by atoms with Gasteiger partial charge in [-0.1, -0.05) is 6.07 Å². The van der Waals surface area contributed by atoms with Gasteiger partial charge in [0.25, 0.3) is 0 Å².